The van der Waals surface area contributed by atoms with Crippen LogP contribution in [0.5, 0.6) is 6.01 Å². The number of nitrogens with two attached hydrogens (primary N) is 1. The molecule has 5 atom stereocenters. The van der Waals surface area contributed by atoms with E-state index in [4.69, 9.17) is 27.1 Å². The third-order valence-electron chi connectivity index (χ3n) is 10.9. The lowest BCUT2D eigenvalue weighted by atomic mass is 9.73. The van der Waals surface area contributed by atoms with E-state index in [0.717, 1.165) is 25.8 Å². The Morgan fingerprint density at radius 1 is 1.16 bits per heavy atom. The zero-order valence-electron chi connectivity index (χ0n) is 27.1. The Labute approximate surface area is 283 Å². The number of ether oxygens (including phenoxy) is 1. The summed E-state index contributed by atoms with van der Waals surface area (Å²) in [5.74, 6) is -3.21. The lowest BCUT2D eigenvalue weighted by Crippen LogP contribution is -2.58. The van der Waals surface area contributed by atoms with Gasteiger partial charge >= 0.3 is 12.2 Å². The quantitative estimate of drug-likeness (QED) is 0.210. The number of nitrogen functional groups attached to an aromatic ring is 1. The first kappa shape index (κ1) is 34.1. The van der Waals surface area contributed by atoms with E-state index >= 15 is 4.39 Å². The number of hydrogen-bond donors (Lipinski definition) is 2. The summed E-state index contributed by atoms with van der Waals surface area (Å²) < 4.78 is 110. The molecule has 0 aliphatic carbocycles. The number of aromatic nitrogens is 2. The molecule has 7 rings (SSSR count). The molecule has 4 aliphatic heterocycles. The summed E-state index contributed by atoms with van der Waals surface area (Å²) in [6, 6.07) is 0.319. The molecule has 2 aromatic carbocycles. The van der Waals surface area contributed by atoms with Crippen LogP contribution in [0.3, 0.4) is 0 Å². The molecular weight excluding hydrogens is 677 g/mol. The molecule has 1 aromatic heterocycles. The van der Waals surface area contributed by atoms with Crippen LogP contribution in [0.2, 0.25) is 5.02 Å². The molecule has 49 heavy (non-hydrogen) atoms. The highest BCUT2D eigenvalue weighted by Crippen LogP contribution is 2.52. The number of likely N-dealkylation sites (tertiary alicyclic amines) is 1. The molecular formula is C34H36ClF7N6O. The van der Waals surface area contributed by atoms with Crippen LogP contribution in [-0.2, 0) is 6.18 Å². The maximum atomic E-state index is 17.1. The number of hydrogen-bond acceptors (Lipinski definition) is 7. The van der Waals surface area contributed by atoms with Gasteiger partial charge in [0.2, 0.25) is 6.43 Å². The molecule has 3 aromatic rings. The van der Waals surface area contributed by atoms with Crippen LogP contribution in [0.25, 0.3) is 27.6 Å². The number of alkyl halides is 5. The third-order valence-corrected chi connectivity index (χ3v) is 11.3. The summed E-state index contributed by atoms with van der Waals surface area (Å²) in [5.41, 5.74) is 0.743. The van der Waals surface area contributed by atoms with Gasteiger partial charge in [-0.3, -0.25) is 0 Å². The monoisotopic (exact) mass is 712 g/mol. The van der Waals surface area contributed by atoms with E-state index in [-0.39, 0.29) is 64.5 Å². The summed E-state index contributed by atoms with van der Waals surface area (Å²) in [6.07, 6.45) is -5.39. The molecule has 0 unspecified atom stereocenters. The van der Waals surface area contributed by atoms with Crippen molar-refractivity contribution in [3.05, 3.63) is 46.0 Å². The normalized spacial score (nSPS) is 27.2. The van der Waals surface area contributed by atoms with Gasteiger partial charge in [0.15, 0.2) is 5.82 Å². The zero-order chi connectivity index (χ0) is 35.3. The van der Waals surface area contributed by atoms with E-state index < -0.39 is 63.5 Å². The standard InChI is InChI=1S/C34H36ClF7N6O/c1-14-9-21-20-6-5-16(44-20)11-48(21)31-24-22(14)26(35)23(17-10-19(43)27(36)15(2)25(17)34(40,41)42)28(37)29(24)45-32(46-31)49-13-33(3)12-47(4)8-7-18(33)30(38)39/h10,16,18,20-21,30,44H,1,5-9,11-13,43H2,2-4H3/t16-,18-,20+,21-,33+/m1/s1. The van der Waals surface area contributed by atoms with Crippen LogP contribution >= 0.6 is 11.6 Å². The van der Waals surface area contributed by atoms with Gasteiger partial charge in [-0.2, -0.15) is 23.1 Å². The van der Waals surface area contributed by atoms with Crippen molar-refractivity contribution in [1.29, 1.82) is 0 Å². The fourth-order valence-electron chi connectivity index (χ4n) is 8.56. The van der Waals surface area contributed by atoms with E-state index in [1.165, 1.54) is 0 Å². The zero-order valence-corrected chi connectivity index (χ0v) is 27.9. The second-order valence-corrected chi connectivity index (χ2v) is 14.6. The molecule has 3 N–H and O–H groups in total. The maximum absolute atomic E-state index is 17.1. The van der Waals surface area contributed by atoms with Crippen molar-refractivity contribution in [2.24, 2.45) is 11.3 Å². The molecule has 0 amide bonds. The van der Waals surface area contributed by atoms with Crippen molar-refractivity contribution in [1.82, 2.24) is 20.2 Å². The molecule has 2 bridgehead atoms. The van der Waals surface area contributed by atoms with Crippen LogP contribution in [0.15, 0.2) is 12.6 Å². The van der Waals surface area contributed by atoms with Gasteiger partial charge in [-0.05, 0) is 63.4 Å². The summed E-state index contributed by atoms with van der Waals surface area (Å²) >= 11 is 6.92. The van der Waals surface area contributed by atoms with E-state index in [2.05, 4.69) is 16.9 Å². The number of piperazine rings is 1. The predicted octanol–water partition coefficient (Wildman–Crippen LogP) is 7.47. The largest absolute Gasteiger partial charge is 0.463 e. The Kier molecular flexibility index (Phi) is 8.26. The van der Waals surface area contributed by atoms with Crippen molar-refractivity contribution in [3.8, 4) is 17.1 Å². The lowest BCUT2D eigenvalue weighted by Gasteiger charge is -2.44. The first-order chi connectivity index (χ1) is 23.0. The minimum absolute atomic E-state index is 0.0159. The number of piperidine rings is 1. The number of anilines is 2. The van der Waals surface area contributed by atoms with Gasteiger partial charge in [0.05, 0.1) is 28.3 Å². The van der Waals surface area contributed by atoms with Crippen molar-refractivity contribution >= 4 is 39.6 Å². The number of rotatable bonds is 5. The maximum Gasteiger partial charge on any atom is 0.417 e. The first-order valence-electron chi connectivity index (χ1n) is 16.2. The number of nitrogens with zero attached hydrogens (tertiary/aromatic N) is 4. The molecule has 3 saturated heterocycles. The molecule has 5 heterocycles. The Morgan fingerprint density at radius 3 is 2.59 bits per heavy atom. The predicted molar refractivity (Wildman–Crippen MR) is 174 cm³/mol. The van der Waals surface area contributed by atoms with E-state index in [0.29, 0.717) is 31.6 Å². The number of halogens is 8. The van der Waals surface area contributed by atoms with Gasteiger partial charge in [-0.25, -0.2) is 17.6 Å². The summed E-state index contributed by atoms with van der Waals surface area (Å²) in [7, 11) is 1.83. The first-order valence-corrected chi connectivity index (χ1v) is 16.6. The van der Waals surface area contributed by atoms with Gasteiger partial charge in [0.1, 0.15) is 17.2 Å². The second kappa shape index (κ2) is 11.9. The average molecular weight is 713 g/mol. The summed E-state index contributed by atoms with van der Waals surface area (Å²) in [5, 5.41) is 3.39. The van der Waals surface area contributed by atoms with Gasteiger partial charge in [0.25, 0.3) is 0 Å². The fraction of sp³-hybridized carbons (Fsp3) is 0.529. The molecule has 264 valence electrons. The van der Waals surface area contributed by atoms with Crippen molar-refractivity contribution < 1.29 is 35.5 Å². The van der Waals surface area contributed by atoms with Gasteiger partial charge < -0.3 is 25.6 Å². The molecule has 3 fully saturated rings. The Bertz CT molecular complexity index is 1870. The van der Waals surface area contributed by atoms with Crippen LogP contribution in [0.4, 0.5) is 42.2 Å². The molecule has 4 aliphatic rings. The smallest absolute Gasteiger partial charge is 0.417 e. The van der Waals surface area contributed by atoms with Crippen molar-refractivity contribution in [2.45, 2.75) is 70.3 Å². The van der Waals surface area contributed by atoms with Crippen molar-refractivity contribution in [3.63, 3.8) is 0 Å². The molecule has 7 nitrogen and oxygen atoms in total. The average Bonchev–Trinajstić information content (AvgIpc) is 3.35. The van der Waals surface area contributed by atoms with Gasteiger partial charge in [-0.15, -0.1) is 0 Å². The SMILES string of the molecule is C=C1C[C@@H]2[C@@H]3CC[C@H](CN2c2nc(OC[C@]4(C)CN(C)CC[C@@H]4C(F)F)nc4c(F)c(-c5cc(N)c(F)c(C)c5C(F)(F)F)c(Cl)c1c24)N3. The number of nitrogens with one attached hydrogen (secondary N) is 1. The molecule has 0 saturated carbocycles. The third kappa shape index (κ3) is 5.49. The highest BCUT2D eigenvalue weighted by molar-refractivity contribution is 6.37. The summed E-state index contributed by atoms with van der Waals surface area (Å²) in [6.45, 7) is 7.92. The van der Waals surface area contributed by atoms with Crippen LogP contribution < -0.4 is 20.7 Å². The topological polar surface area (TPSA) is 79.5 Å². The Hall–Kier alpha value is -3.36. The minimum atomic E-state index is -5.11. The highest BCUT2D eigenvalue weighted by Gasteiger charge is 2.47. The molecule has 0 spiro atoms. The van der Waals surface area contributed by atoms with Gasteiger partial charge in [0, 0.05) is 59.2 Å². The van der Waals surface area contributed by atoms with E-state index in [1.54, 1.807) is 6.92 Å². The lowest BCUT2D eigenvalue weighted by molar-refractivity contribution is -0.137. The second-order valence-electron chi connectivity index (χ2n) is 14.2. The van der Waals surface area contributed by atoms with Crippen molar-refractivity contribution in [2.75, 3.05) is 43.9 Å². The number of benzene rings is 2. The van der Waals surface area contributed by atoms with Gasteiger partial charge in [-0.1, -0.05) is 25.1 Å². The summed E-state index contributed by atoms with van der Waals surface area (Å²) in [4.78, 5) is 13.1. The van der Waals surface area contributed by atoms with Crippen LogP contribution in [-0.4, -0.2) is 72.7 Å². The van der Waals surface area contributed by atoms with Crippen LogP contribution in [0.1, 0.15) is 49.3 Å². The molecule has 0 radical (unpaired) electrons. The molecule has 15 heteroatoms. The Balaban J connectivity index is 1.47. The van der Waals surface area contributed by atoms with E-state index in [9.17, 15) is 26.3 Å². The Morgan fingerprint density at radius 2 is 1.90 bits per heavy atom. The van der Waals surface area contributed by atoms with E-state index in [1.807, 2.05) is 16.8 Å². The number of fused-ring (bicyclic) bond motifs is 5. The highest BCUT2D eigenvalue weighted by atomic mass is 35.5. The fourth-order valence-corrected chi connectivity index (χ4v) is 8.97. The van der Waals surface area contributed by atoms with Crippen LogP contribution in [0, 0.1) is 29.9 Å². The minimum Gasteiger partial charge on any atom is -0.463 e.